The van der Waals surface area contributed by atoms with Crippen molar-refractivity contribution in [3.05, 3.63) is 47.6 Å². The number of amides is 1. The minimum absolute atomic E-state index is 0.234. The quantitative estimate of drug-likeness (QED) is 0.774. The first-order valence-electron chi connectivity index (χ1n) is 7.16. The summed E-state index contributed by atoms with van der Waals surface area (Å²) in [6.45, 7) is 1.30. The standard InChI is InChI=1S/C15H14FN5O/c16-9-4-11(14-12(5-9)19-8-20-14)15(22)18-7-10-6-17-13-2-1-3-21(10)13/h4-6,8H,1-3,7H2,(H,18,22)(H,19,20). The van der Waals surface area contributed by atoms with Crippen molar-refractivity contribution in [1.82, 2.24) is 24.8 Å². The molecule has 22 heavy (non-hydrogen) atoms. The number of carbonyl (C=O) groups is 1. The fraction of sp³-hybridized carbons (Fsp3) is 0.267. The number of fused-ring (bicyclic) bond motifs is 2. The second-order valence-corrected chi connectivity index (χ2v) is 5.36. The zero-order valence-corrected chi connectivity index (χ0v) is 11.8. The Labute approximate surface area is 125 Å². The number of hydrogen-bond acceptors (Lipinski definition) is 3. The summed E-state index contributed by atoms with van der Waals surface area (Å²) in [5.74, 6) is 0.252. The number of nitrogens with zero attached hydrogens (tertiary/aromatic N) is 3. The molecule has 1 amide bonds. The van der Waals surface area contributed by atoms with Crippen molar-refractivity contribution in [2.75, 3.05) is 0 Å². The number of imidazole rings is 2. The van der Waals surface area contributed by atoms with Gasteiger partial charge in [-0.15, -0.1) is 0 Å². The average Bonchev–Trinajstić information content (AvgIpc) is 3.20. The van der Waals surface area contributed by atoms with E-state index in [4.69, 9.17) is 0 Å². The van der Waals surface area contributed by atoms with Crippen LogP contribution in [-0.4, -0.2) is 25.4 Å². The van der Waals surface area contributed by atoms with E-state index < -0.39 is 5.82 Å². The van der Waals surface area contributed by atoms with Gasteiger partial charge >= 0.3 is 0 Å². The van der Waals surface area contributed by atoms with Crippen molar-refractivity contribution in [1.29, 1.82) is 0 Å². The van der Waals surface area contributed by atoms with Crippen LogP contribution in [0.3, 0.4) is 0 Å². The molecule has 0 unspecified atom stereocenters. The molecule has 112 valence electrons. The molecule has 1 aromatic carbocycles. The van der Waals surface area contributed by atoms with Crippen molar-refractivity contribution in [3.63, 3.8) is 0 Å². The summed E-state index contributed by atoms with van der Waals surface area (Å²) < 4.78 is 15.7. The number of hydrogen-bond donors (Lipinski definition) is 2. The molecule has 0 spiro atoms. The molecule has 1 aliphatic heterocycles. The van der Waals surface area contributed by atoms with E-state index in [2.05, 4.69) is 24.8 Å². The number of aromatic nitrogens is 4. The Morgan fingerprint density at radius 1 is 1.41 bits per heavy atom. The highest BCUT2D eigenvalue weighted by Gasteiger charge is 2.17. The van der Waals surface area contributed by atoms with Gasteiger partial charge in [0, 0.05) is 13.0 Å². The number of carbonyl (C=O) groups excluding carboxylic acids is 1. The van der Waals surface area contributed by atoms with Crippen LogP contribution in [0.1, 0.15) is 28.3 Å². The molecule has 1 aliphatic rings. The maximum absolute atomic E-state index is 13.6. The van der Waals surface area contributed by atoms with Gasteiger partial charge < -0.3 is 14.9 Å². The number of halogens is 1. The summed E-state index contributed by atoms with van der Waals surface area (Å²) >= 11 is 0. The lowest BCUT2D eigenvalue weighted by Crippen LogP contribution is -2.24. The number of aryl methyl sites for hydroxylation is 1. The summed E-state index contributed by atoms with van der Waals surface area (Å²) in [6, 6.07) is 2.53. The van der Waals surface area contributed by atoms with E-state index in [-0.39, 0.29) is 11.5 Å². The van der Waals surface area contributed by atoms with Gasteiger partial charge in [0.05, 0.1) is 35.8 Å². The highest BCUT2D eigenvalue weighted by molar-refractivity contribution is 6.04. The first-order valence-corrected chi connectivity index (χ1v) is 7.16. The lowest BCUT2D eigenvalue weighted by atomic mass is 10.1. The van der Waals surface area contributed by atoms with Gasteiger partial charge in [0.25, 0.3) is 5.91 Å². The molecule has 0 saturated heterocycles. The Morgan fingerprint density at radius 2 is 2.32 bits per heavy atom. The van der Waals surface area contributed by atoms with Gasteiger partial charge in [-0.05, 0) is 18.6 Å². The van der Waals surface area contributed by atoms with E-state index >= 15 is 0 Å². The number of rotatable bonds is 3. The first-order chi connectivity index (χ1) is 10.7. The monoisotopic (exact) mass is 299 g/mol. The number of nitrogens with one attached hydrogen (secondary N) is 2. The van der Waals surface area contributed by atoms with Gasteiger partial charge in [-0.3, -0.25) is 4.79 Å². The normalized spacial score (nSPS) is 13.5. The molecule has 4 rings (SSSR count). The van der Waals surface area contributed by atoms with Gasteiger partial charge in [-0.2, -0.15) is 0 Å². The predicted octanol–water partition coefficient (Wildman–Crippen LogP) is 1.77. The number of benzene rings is 1. The van der Waals surface area contributed by atoms with Crippen LogP contribution >= 0.6 is 0 Å². The maximum Gasteiger partial charge on any atom is 0.253 e. The van der Waals surface area contributed by atoms with Crippen molar-refractivity contribution < 1.29 is 9.18 Å². The molecule has 0 bridgehead atoms. The second kappa shape index (κ2) is 4.94. The molecule has 7 heteroatoms. The molecule has 0 fully saturated rings. The third-order valence-electron chi connectivity index (χ3n) is 3.97. The highest BCUT2D eigenvalue weighted by Crippen LogP contribution is 2.18. The van der Waals surface area contributed by atoms with Gasteiger partial charge in [-0.25, -0.2) is 14.4 Å². The van der Waals surface area contributed by atoms with Crippen LogP contribution in [0.25, 0.3) is 11.0 Å². The van der Waals surface area contributed by atoms with E-state index in [0.717, 1.165) is 30.9 Å². The first kappa shape index (κ1) is 13.0. The molecule has 6 nitrogen and oxygen atoms in total. The molecule has 0 radical (unpaired) electrons. The smallest absolute Gasteiger partial charge is 0.253 e. The van der Waals surface area contributed by atoms with Crippen LogP contribution in [-0.2, 0) is 19.5 Å². The Hall–Kier alpha value is -2.70. The zero-order valence-electron chi connectivity index (χ0n) is 11.8. The second-order valence-electron chi connectivity index (χ2n) is 5.36. The van der Waals surface area contributed by atoms with Gasteiger partial charge in [0.2, 0.25) is 0 Å². The predicted molar refractivity (Wildman–Crippen MR) is 77.8 cm³/mol. The van der Waals surface area contributed by atoms with Crippen LogP contribution in [0.5, 0.6) is 0 Å². The van der Waals surface area contributed by atoms with E-state index in [9.17, 15) is 9.18 Å². The van der Waals surface area contributed by atoms with Crippen molar-refractivity contribution >= 4 is 16.9 Å². The van der Waals surface area contributed by atoms with Crippen LogP contribution in [0.15, 0.2) is 24.7 Å². The summed E-state index contributed by atoms with van der Waals surface area (Å²) in [4.78, 5) is 23.6. The van der Waals surface area contributed by atoms with Gasteiger partial charge in [-0.1, -0.05) is 0 Å². The molecule has 2 aromatic heterocycles. The minimum Gasteiger partial charge on any atom is -0.346 e. The molecule has 0 aliphatic carbocycles. The minimum atomic E-state index is -0.466. The zero-order chi connectivity index (χ0) is 15.1. The number of aromatic amines is 1. The lowest BCUT2D eigenvalue weighted by molar-refractivity contribution is 0.0951. The topological polar surface area (TPSA) is 75.6 Å². The van der Waals surface area contributed by atoms with Crippen LogP contribution in [0.2, 0.25) is 0 Å². The molecular formula is C15H14FN5O. The maximum atomic E-state index is 13.6. The Bertz CT molecular complexity index is 866. The molecule has 0 atom stereocenters. The molecule has 2 N–H and O–H groups in total. The Kier molecular flexibility index (Phi) is 2.92. The summed E-state index contributed by atoms with van der Waals surface area (Å²) in [5, 5.41) is 2.82. The van der Waals surface area contributed by atoms with Crippen LogP contribution < -0.4 is 5.32 Å². The van der Waals surface area contributed by atoms with Crippen LogP contribution in [0.4, 0.5) is 4.39 Å². The summed E-state index contributed by atoms with van der Waals surface area (Å²) in [5.41, 5.74) is 2.18. The molecular weight excluding hydrogens is 285 g/mol. The highest BCUT2D eigenvalue weighted by atomic mass is 19.1. The summed E-state index contributed by atoms with van der Waals surface area (Å²) in [7, 11) is 0. The third-order valence-corrected chi connectivity index (χ3v) is 3.97. The fourth-order valence-electron chi connectivity index (χ4n) is 2.92. The van der Waals surface area contributed by atoms with Crippen LogP contribution in [0, 0.1) is 5.82 Å². The Balaban J connectivity index is 1.57. The van der Waals surface area contributed by atoms with E-state index in [0.29, 0.717) is 17.6 Å². The van der Waals surface area contributed by atoms with Crippen molar-refractivity contribution in [2.45, 2.75) is 25.9 Å². The molecule has 0 saturated carbocycles. The molecule has 3 heterocycles. The largest absolute Gasteiger partial charge is 0.346 e. The average molecular weight is 299 g/mol. The van der Waals surface area contributed by atoms with E-state index in [1.165, 1.54) is 18.5 Å². The van der Waals surface area contributed by atoms with Gasteiger partial charge in [0.15, 0.2) is 0 Å². The SMILES string of the molecule is O=C(NCc1cnc2n1CCC2)c1cc(F)cc2[nH]cnc12. The summed E-state index contributed by atoms with van der Waals surface area (Å²) in [6.07, 6.45) is 5.29. The van der Waals surface area contributed by atoms with E-state index in [1.54, 1.807) is 6.20 Å². The van der Waals surface area contributed by atoms with E-state index in [1.807, 2.05) is 0 Å². The fourth-order valence-corrected chi connectivity index (χ4v) is 2.92. The third kappa shape index (κ3) is 2.05. The lowest BCUT2D eigenvalue weighted by Gasteiger charge is -2.08. The van der Waals surface area contributed by atoms with Crippen molar-refractivity contribution in [3.8, 4) is 0 Å². The molecule has 3 aromatic rings. The van der Waals surface area contributed by atoms with Gasteiger partial charge in [0.1, 0.15) is 17.2 Å². The Morgan fingerprint density at radius 3 is 3.23 bits per heavy atom. The van der Waals surface area contributed by atoms with Crippen molar-refractivity contribution in [2.24, 2.45) is 0 Å². The number of H-pyrrole nitrogens is 1.